The molecule has 0 saturated carbocycles. The Balaban J connectivity index is 5.25. The van der Waals surface area contributed by atoms with Gasteiger partial charge in [-0.1, -0.05) is 48.4 Å². The van der Waals surface area contributed by atoms with E-state index in [2.05, 4.69) is 29.5 Å². The molecule has 0 aromatic heterocycles. The van der Waals surface area contributed by atoms with Crippen LogP contribution in [0.25, 0.3) is 0 Å². The van der Waals surface area contributed by atoms with Gasteiger partial charge in [0.15, 0.2) is 8.32 Å². The standard InChI is InChI=1S/C12H25IOSi/c1-6-7-9-12(2,10-8-11-13)14-15(3,4)5/h8,11H,6-7,9-10H2,1-5H3/b11-8+/i2D3. The Hall–Kier alpha value is 0.647. The van der Waals surface area contributed by atoms with E-state index in [1.165, 1.54) is 0 Å². The molecule has 0 heterocycles. The highest BCUT2D eigenvalue weighted by atomic mass is 127. The summed E-state index contributed by atoms with van der Waals surface area (Å²) in [6.07, 6.45) is 4.85. The van der Waals surface area contributed by atoms with Crippen molar-refractivity contribution in [2.24, 2.45) is 0 Å². The molecule has 0 aromatic rings. The first-order chi connectivity index (χ1) is 8.08. The highest BCUT2D eigenvalue weighted by molar-refractivity contribution is 14.1. The third kappa shape index (κ3) is 8.45. The lowest BCUT2D eigenvalue weighted by molar-refractivity contribution is 0.0716. The third-order valence-electron chi connectivity index (χ3n) is 1.97. The zero-order chi connectivity index (χ0) is 14.4. The average molecular weight is 343 g/mol. The van der Waals surface area contributed by atoms with Crippen LogP contribution in [-0.4, -0.2) is 13.9 Å². The summed E-state index contributed by atoms with van der Waals surface area (Å²) in [5.74, 6) is 0. The molecule has 0 aliphatic rings. The van der Waals surface area contributed by atoms with Gasteiger partial charge in [-0.2, -0.15) is 0 Å². The fourth-order valence-electron chi connectivity index (χ4n) is 1.48. The monoisotopic (exact) mass is 343 g/mol. The lowest BCUT2D eigenvalue weighted by Crippen LogP contribution is -2.40. The normalized spacial score (nSPS) is 20.7. The zero-order valence-corrected chi connectivity index (χ0v) is 13.4. The molecule has 0 saturated heterocycles. The van der Waals surface area contributed by atoms with Crippen LogP contribution in [-0.2, 0) is 4.43 Å². The van der Waals surface area contributed by atoms with Crippen molar-refractivity contribution >= 4 is 30.9 Å². The van der Waals surface area contributed by atoms with Crippen molar-refractivity contribution in [3.8, 4) is 0 Å². The molecule has 0 aliphatic heterocycles. The van der Waals surface area contributed by atoms with Gasteiger partial charge in [-0.3, -0.25) is 0 Å². The van der Waals surface area contributed by atoms with Crippen LogP contribution >= 0.6 is 22.6 Å². The summed E-state index contributed by atoms with van der Waals surface area (Å²) in [5.41, 5.74) is -1.00. The van der Waals surface area contributed by atoms with E-state index in [-0.39, 0.29) is 0 Å². The Morgan fingerprint density at radius 1 is 1.47 bits per heavy atom. The molecule has 1 atom stereocenters. The van der Waals surface area contributed by atoms with E-state index in [0.29, 0.717) is 12.8 Å². The molecule has 0 spiro atoms. The molecule has 0 amide bonds. The van der Waals surface area contributed by atoms with Crippen LogP contribution in [0.5, 0.6) is 0 Å². The molecule has 90 valence electrons. The molecule has 1 unspecified atom stereocenters. The first-order valence-corrected chi connectivity index (χ1v) is 10.2. The molecular weight excluding hydrogens is 315 g/mol. The molecule has 0 aliphatic carbocycles. The maximum absolute atomic E-state index is 7.87. The number of hydrogen-bond acceptors (Lipinski definition) is 1. The highest BCUT2D eigenvalue weighted by Crippen LogP contribution is 2.27. The predicted molar refractivity (Wildman–Crippen MR) is 80.1 cm³/mol. The zero-order valence-electron chi connectivity index (χ0n) is 13.3. The molecule has 15 heavy (non-hydrogen) atoms. The number of rotatable bonds is 7. The molecule has 3 heteroatoms. The van der Waals surface area contributed by atoms with Crippen LogP contribution in [0.3, 0.4) is 0 Å². The van der Waals surface area contributed by atoms with Gasteiger partial charge in [0.05, 0.1) is 5.60 Å². The van der Waals surface area contributed by atoms with Crippen LogP contribution in [0.2, 0.25) is 19.6 Å². The van der Waals surface area contributed by atoms with Gasteiger partial charge in [0.2, 0.25) is 0 Å². The molecule has 0 rings (SSSR count). The minimum atomic E-state index is -2.07. The van der Waals surface area contributed by atoms with E-state index in [1.54, 1.807) is 0 Å². The van der Waals surface area contributed by atoms with Crippen LogP contribution in [0.1, 0.15) is 43.6 Å². The van der Waals surface area contributed by atoms with Crippen molar-refractivity contribution in [3.05, 3.63) is 10.2 Å². The Bertz CT molecular complexity index is 273. The molecule has 0 aromatic carbocycles. The maximum atomic E-state index is 7.87. The first kappa shape index (κ1) is 10.8. The van der Waals surface area contributed by atoms with E-state index in [1.807, 2.05) is 29.8 Å². The summed E-state index contributed by atoms with van der Waals surface area (Å²) in [6.45, 7) is 6.15. The van der Waals surface area contributed by atoms with E-state index in [9.17, 15) is 0 Å². The average Bonchev–Trinajstić information content (AvgIpc) is 2.18. The molecule has 0 bridgehead atoms. The smallest absolute Gasteiger partial charge is 0.184 e. The summed E-state index contributed by atoms with van der Waals surface area (Å²) in [4.78, 5) is 0. The van der Waals surface area contributed by atoms with Crippen LogP contribution < -0.4 is 0 Å². The van der Waals surface area contributed by atoms with Crippen molar-refractivity contribution in [1.82, 2.24) is 0 Å². The third-order valence-corrected chi connectivity index (χ3v) is 3.48. The minimum absolute atomic E-state index is 0.469. The second-order valence-corrected chi connectivity index (χ2v) is 10.0. The Kier molecular flexibility index (Phi) is 5.08. The molecule has 0 radical (unpaired) electrons. The molecule has 0 fully saturated rings. The van der Waals surface area contributed by atoms with Gasteiger partial charge in [-0.15, -0.1) is 0 Å². The summed E-state index contributed by atoms with van der Waals surface area (Å²) < 4.78 is 31.6. The molecule has 0 N–H and O–H groups in total. The van der Waals surface area contributed by atoms with E-state index >= 15 is 0 Å². The Morgan fingerprint density at radius 2 is 2.13 bits per heavy atom. The van der Waals surface area contributed by atoms with Gasteiger partial charge in [-0.05, 0) is 43.4 Å². The summed E-state index contributed by atoms with van der Waals surface area (Å²) >= 11 is 2.12. The van der Waals surface area contributed by atoms with Gasteiger partial charge in [0.25, 0.3) is 0 Å². The van der Waals surface area contributed by atoms with Crippen molar-refractivity contribution in [1.29, 1.82) is 0 Å². The first-order valence-electron chi connectivity index (χ1n) is 7.03. The van der Waals surface area contributed by atoms with Crippen LogP contribution in [0.4, 0.5) is 0 Å². The van der Waals surface area contributed by atoms with Crippen molar-refractivity contribution in [2.45, 2.75) is 64.7 Å². The van der Waals surface area contributed by atoms with Crippen molar-refractivity contribution < 1.29 is 8.54 Å². The quantitative estimate of drug-likeness (QED) is 0.460. The second-order valence-electron chi connectivity index (χ2n) is 4.88. The summed E-state index contributed by atoms with van der Waals surface area (Å²) in [5, 5.41) is 0. The molecule has 1 nitrogen and oxygen atoms in total. The van der Waals surface area contributed by atoms with Gasteiger partial charge in [-0.25, -0.2) is 0 Å². The Morgan fingerprint density at radius 3 is 2.53 bits per heavy atom. The fraction of sp³-hybridized carbons (Fsp3) is 0.833. The second kappa shape index (κ2) is 7.07. The van der Waals surface area contributed by atoms with Crippen LogP contribution in [0, 0.1) is 0 Å². The van der Waals surface area contributed by atoms with Gasteiger partial charge in [0.1, 0.15) is 0 Å². The predicted octanol–water partition coefficient (Wildman–Crippen LogP) is 5.13. The van der Waals surface area contributed by atoms with Gasteiger partial charge in [0, 0.05) is 4.11 Å². The Labute approximate surface area is 114 Å². The van der Waals surface area contributed by atoms with Gasteiger partial charge < -0.3 is 4.43 Å². The number of halogens is 1. The fourth-order valence-corrected chi connectivity index (χ4v) is 3.09. The highest BCUT2D eigenvalue weighted by Gasteiger charge is 2.29. The summed E-state index contributed by atoms with van der Waals surface area (Å²) in [6, 6.07) is 0. The SMILES string of the molecule is [2H]C([2H])([2H])C(C/C=C/I)(CCCC)O[Si](C)(C)C. The van der Waals surface area contributed by atoms with E-state index in [0.717, 1.165) is 12.8 Å². The van der Waals surface area contributed by atoms with E-state index < -0.39 is 20.8 Å². The summed E-state index contributed by atoms with van der Waals surface area (Å²) in [7, 11) is -1.90. The van der Waals surface area contributed by atoms with Crippen molar-refractivity contribution in [3.63, 3.8) is 0 Å². The number of unbranched alkanes of at least 4 members (excludes halogenated alkanes) is 1. The van der Waals surface area contributed by atoms with Crippen molar-refractivity contribution in [2.75, 3.05) is 0 Å². The minimum Gasteiger partial charge on any atom is -0.412 e. The lowest BCUT2D eigenvalue weighted by Gasteiger charge is -2.36. The number of hydrogen-bond donors (Lipinski definition) is 0. The van der Waals surface area contributed by atoms with Crippen LogP contribution in [0.15, 0.2) is 10.2 Å². The lowest BCUT2D eigenvalue weighted by atomic mass is 9.96. The largest absolute Gasteiger partial charge is 0.412 e. The van der Waals surface area contributed by atoms with E-state index in [4.69, 9.17) is 8.54 Å². The van der Waals surface area contributed by atoms with Gasteiger partial charge >= 0.3 is 0 Å². The maximum Gasteiger partial charge on any atom is 0.184 e. The molecular formula is C12H25IOSi. The topological polar surface area (TPSA) is 9.23 Å².